The molecule has 0 aliphatic carbocycles. The number of aromatic nitrogens is 4. The Morgan fingerprint density at radius 1 is 0.781 bits per heavy atom. The van der Waals surface area contributed by atoms with Gasteiger partial charge in [-0.15, -0.1) is 0 Å². The van der Waals surface area contributed by atoms with E-state index >= 15 is 0 Å². The Morgan fingerprint density at radius 2 is 1.41 bits per heavy atom. The second kappa shape index (κ2) is 9.51. The monoisotopic (exact) mass is 426 g/mol. The Hall–Kier alpha value is -3.22. The predicted octanol–water partition coefficient (Wildman–Crippen LogP) is 4.84. The van der Waals surface area contributed by atoms with Crippen molar-refractivity contribution in [2.75, 3.05) is 13.1 Å². The van der Waals surface area contributed by atoms with Crippen LogP contribution in [-0.4, -0.2) is 33.0 Å². The van der Waals surface area contributed by atoms with Crippen LogP contribution < -0.4 is 11.1 Å². The molecule has 4 aromatic rings. The molecule has 1 unspecified atom stereocenters. The van der Waals surface area contributed by atoms with E-state index in [0.29, 0.717) is 6.04 Å². The normalized spacial score (nSPS) is 16.0. The van der Waals surface area contributed by atoms with Gasteiger partial charge in [-0.1, -0.05) is 48.5 Å². The molecule has 6 heteroatoms. The molecule has 1 atom stereocenters. The zero-order chi connectivity index (χ0) is 21.8. The molecule has 3 heterocycles. The molecule has 164 valence electrons. The maximum atomic E-state index is 5.58. The Balaban J connectivity index is 1.26. The third-order valence-electron chi connectivity index (χ3n) is 6.21. The molecular formula is C26H30N6. The summed E-state index contributed by atoms with van der Waals surface area (Å²) < 4.78 is 0. The molecule has 1 saturated heterocycles. The summed E-state index contributed by atoms with van der Waals surface area (Å²) in [4.78, 5) is 16.0. The predicted molar refractivity (Wildman–Crippen MR) is 129 cm³/mol. The number of nitrogens with two attached hydrogens (primary N) is 1. The molecule has 1 aliphatic rings. The first-order chi connectivity index (χ1) is 15.8. The molecule has 0 amide bonds. The molecule has 0 spiro atoms. The standard InChI is InChI=1S/C26H30N6/c27-14-2-1-5-25-29-16-23(31-25)20-10-6-18(7-11-20)19-8-12-21(13-9-19)24-17-30-26(32-24)22-4-3-15-28-22/h6-13,16-17,22,28H,1-5,14-15,27H2,(H,29,31)(H,30,32). The van der Waals surface area contributed by atoms with Gasteiger partial charge in [0.15, 0.2) is 0 Å². The van der Waals surface area contributed by atoms with Crippen molar-refractivity contribution < 1.29 is 0 Å². The molecule has 0 bridgehead atoms. The third kappa shape index (κ3) is 4.52. The molecule has 1 fully saturated rings. The number of benzene rings is 2. The van der Waals surface area contributed by atoms with Gasteiger partial charge < -0.3 is 21.0 Å². The molecule has 5 N–H and O–H groups in total. The van der Waals surface area contributed by atoms with E-state index in [-0.39, 0.29) is 0 Å². The van der Waals surface area contributed by atoms with Gasteiger partial charge in [0, 0.05) is 6.42 Å². The summed E-state index contributed by atoms with van der Waals surface area (Å²) in [5.41, 5.74) is 12.4. The van der Waals surface area contributed by atoms with Gasteiger partial charge in [0.05, 0.1) is 29.8 Å². The topological polar surface area (TPSA) is 95.4 Å². The summed E-state index contributed by atoms with van der Waals surface area (Å²) in [7, 11) is 0. The molecule has 1 aliphatic heterocycles. The number of nitrogens with one attached hydrogen (secondary N) is 3. The lowest BCUT2D eigenvalue weighted by Crippen LogP contribution is -2.14. The maximum absolute atomic E-state index is 5.58. The lowest BCUT2D eigenvalue weighted by molar-refractivity contribution is 0.613. The number of aromatic amines is 2. The Kier molecular flexibility index (Phi) is 6.14. The number of aryl methyl sites for hydroxylation is 1. The molecule has 2 aromatic carbocycles. The Bertz CT molecular complexity index is 1130. The summed E-state index contributed by atoms with van der Waals surface area (Å²) in [5.74, 6) is 2.07. The van der Waals surface area contributed by atoms with Gasteiger partial charge in [-0.05, 0) is 61.0 Å². The highest BCUT2D eigenvalue weighted by atomic mass is 15.0. The zero-order valence-corrected chi connectivity index (χ0v) is 18.3. The van der Waals surface area contributed by atoms with E-state index in [4.69, 9.17) is 5.73 Å². The summed E-state index contributed by atoms with van der Waals surface area (Å²) in [6, 6.07) is 17.6. The Morgan fingerprint density at radius 3 is 2.03 bits per heavy atom. The number of imidazole rings is 2. The van der Waals surface area contributed by atoms with Gasteiger partial charge in [0.1, 0.15) is 11.6 Å². The SMILES string of the molecule is NCCCCc1ncc(-c2ccc(-c3ccc(-c4cnc(C5CCCN5)[nH]4)cc3)cc2)[nH]1. The molecular weight excluding hydrogens is 396 g/mol. The first-order valence-corrected chi connectivity index (χ1v) is 11.5. The first-order valence-electron chi connectivity index (χ1n) is 11.5. The van der Waals surface area contributed by atoms with E-state index < -0.39 is 0 Å². The molecule has 32 heavy (non-hydrogen) atoms. The van der Waals surface area contributed by atoms with Crippen LogP contribution in [0.1, 0.15) is 43.4 Å². The van der Waals surface area contributed by atoms with Gasteiger partial charge in [-0.3, -0.25) is 0 Å². The van der Waals surface area contributed by atoms with Crippen LogP contribution in [-0.2, 0) is 6.42 Å². The van der Waals surface area contributed by atoms with Crippen molar-refractivity contribution in [3.63, 3.8) is 0 Å². The molecule has 2 aromatic heterocycles. The van der Waals surface area contributed by atoms with Gasteiger partial charge in [-0.2, -0.15) is 0 Å². The lowest BCUT2D eigenvalue weighted by Gasteiger charge is -2.06. The zero-order valence-electron chi connectivity index (χ0n) is 18.3. The second-order valence-electron chi connectivity index (χ2n) is 8.48. The van der Waals surface area contributed by atoms with Crippen molar-refractivity contribution in [1.29, 1.82) is 0 Å². The van der Waals surface area contributed by atoms with Gasteiger partial charge in [0.2, 0.25) is 0 Å². The van der Waals surface area contributed by atoms with Crippen LogP contribution in [0, 0.1) is 0 Å². The summed E-state index contributed by atoms with van der Waals surface area (Å²) in [5, 5.41) is 3.49. The minimum Gasteiger partial charge on any atom is -0.342 e. The largest absolute Gasteiger partial charge is 0.342 e. The number of nitrogens with zero attached hydrogens (tertiary/aromatic N) is 2. The molecule has 0 radical (unpaired) electrons. The average molecular weight is 427 g/mol. The van der Waals surface area contributed by atoms with Crippen LogP contribution in [0.15, 0.2) is 60.9 Å². The third-order valence-corrected chi connectivity index (χ3v) is 6.21. The highest BCUT2D eigenvalue weighted by Gasteiger charge is 2.19. The van der Waals surface area contributed by atoms with Crippen LogP contribution in [0.5, 0.6) is 0 Å². The number of rotatable bonds is 8. The smallest absolute Gasteiger partial charge is 0.123 e. The fourth-order valence-corrected chi connectivity index (χ4v) is 4.34. The molecule has 5 rings (SSSR count). The highest BCUT2D eigenvalue weighted by Crippen LogP contribution is 2.28. The maximum Gasteiger partial charge on any atom is 0.123 e. The van der Waals surface area contributed by atoms with Crippen LogP contribution in [0.3, 0.4) is 0 Å². The highest BCUT2D eigenvalue weighted by molar-refractivity contribution is 5.71. The van der Waals surface area contributed by atoms with Crippen LogP contribution in [0.2, 0.25) is 0 Å². The van der Waals surface area contributed by atoms with Crippen molar-refractivity contribution in [2.24, 2.45) is 5.73 Å². The van der Waals surface area contributed by atoms with Crippen molar-refractivity contribution in [3.8, 4) is 33.6 Å². The van der Waals surface area contributed by atoms with Crippen LogP contribution >= 0.6 is 0 Å². The quantitative estimate of drug-likeness (QED) is 0.303. The average Bonchev–Trinajstić information content (AvgIpc) is 3.61. The van der Waals surface area contributed by atoms with Gasteiger partial charge in [0.25, 0.3) is 0 Å². The van der Waals surface area contributed by atoms with Crippen LogP contribution in [0.25, 0.3) is 33.6 Å². The molecule has 0 saturated carbocycles. The van der Waals surface area contributed by atoms with Crippen LogP contribution in [0.4, 0.5) is 0 Å². The lowest BCUT2D eigenvalue weighted by atomic mass is 10.0. The number of unbranched alkanes of at least 4 members (excludes halogenated alkanes) is 1. The second-order valence-corrected chi connectivity index (χ2v) is 8.48. The van der Waals surface area contributed by atoms with Crippen molar-refractivity contribution >= 4 is 0 Å². The molecule has 6 nitrogen and oxygen atoms in total. The van der Waals surface area contributed by atoms with Gasteiger partial charge in [-0.25, -0.2) is 9.97 Å². The minimum absolute atomic E-state index is 0.360. The number of H-pyrrole nitrogens is 2. The summed E-state index contributed by atoms with van der Waals surface area (Å²) in [6.07, 6.45) is 9.25. The van der Waals surface area contributed by atoms with E-state index in [1.807, 2.05) is 12.4 Å². The minimum atomic E-state index is 0.360. The fraction of sp³-hybridized carbons (Fsp3) is 0.308. The Labute approximate surface area is 188 Å². The fourth-order valence-electron chi connectivity index (χ4n) is 4.34. The van der Waals surface area contributed by atoms with Crippen molar-refractivity contribution in [3.05, 3.63) is 72.6 Å². The number of hydrogen-bond donors (Lipinski definition) is 4. The van der Waals surface area contributed by atoms with Crippen molar-refractivity contribution in [2.45, 2.75) is 38.1 Å². The summed E-state index contributed by atoms with van der Waals surface area (Å²) >= 11 is 0. The number of hydrogen-bond acceptors (Lipinski definition) is 4. The van der Waals surface area contributed by atoms with E-state index in [1.165, 1.54) is 17.5 Å². The first kappa shape index (κ1) is 20.7. The van der Waals surface area contributed by atoms with E-state index in [1.54, 1.807) is 0 Å². The van der Waals surface area contributed by atoms with E-state index in [2.05, 4.69) is 73.8 Å². The van der Waals surface area contributed by atoms with E-state index in [9.17, 15) is 0 Å². The summed E-state index contributed by atoms with van der Waals surface area (Å²) in [6.45, 7) is 1.81. The van der Waals surface area contributed by atoms with Gasteiger partial charge >= 0.3 is 0 Å². The van der Waals surface area contributed by atoms with E-state index in [0.717, 1.165) is 72.9 Å². The van der Waals surface area contributed by atoms with Crippen molar-refractivity contribution in [1.82, 2.24) is 25.3 Å².